The van der Waals surface area contributed by atoms with Crippen molar-refractivity contribution in [1.29, 1.82) is 0 Å². The van der Waals surface area contributed by atoms with Crippen molar-refractivity contribution in [2.24, 2.45) is 5.92 Å². The molecular formula is C19H23ClN2O3. The molecule has 0 bridgehead atoms. The van der Waals surface area contributed by atoms with Crippen LogP contribution in [0.1, 0.15) is 24.4 Å². The third-order valence-electron chi connectivity index (χ3n) is 5.04. The standard InChI is InChI=1S/C19H23ClN2O3/c1-21-17(23)11-16(18(21)14-4-3-5-15(20)10-14)19(24)22-8-6-13(7-9-22)12-25-2/h3-6,10,16,18H,7-9,11-12H2,1-2H3/t16-,18-/m1/s1. The first-order chi connectivity index (χ1) is 12.0. The first-order valence-corrected chi connectivity index (χ1v) is 8.86. The van der Waals surface area contributed by atoms with Crippen LogP contribution >= 0.6 is 11.6 Å². The number of carbonyl (C=O) groups excluding carboxylic acids is 2. The molecule has 2 atom stereocenters. The summed E-state index contributed by atoms with van der Waals surface area (Å²) in [5.74, 6) is -0.334. The first-order valence-electron chi connectivity index (χ1n) is 8.48. The predicted octanol–water partition coefficient (Wildman–Crippen LogP) is 2.66. The Hall–Kier alpha value is -1.85. The molecule has 134 valence electrons. The van der Waals surface area contributed by atoms with Gasteiger partial charge < -0.3 is 14.5 Å². The Labute approximate surface area is 153 Å². The molecule has 5 nitrogen and oxygen atoms in total. The molecule has 6 heteroatoms. The summed E-state index contributed by atoms with van der Waals surface area (Å²) in [5.41, 5.74) is 2.13. The van der Waals surface area contributed by atoms with Crippen LogP contribution in [0, 0.1) is 5.92 Å². The van der Waals surface area contributed by atoms with Gasteiger partial charge in [-0.1, -0.05) is 29.8 Å². The van der Waals surface area contributed by atoms with Crippen LogP contribution < -0.4 is 0 Å². The van der Waals surface area contributed by atoms with Gasteiger partial charge in [-0.2, -0.15) is 0 Å². The summed E-state index contributed by atoms with van der Waals surface area (Å²) in [4.78, 5) is 28.9. The van der Waals surface area contributed by atoms with E-state index in [2.05, 4.69) is 6.08 Å². The van der Waals surface area contributed by atoms with Crippen molar-refractivity contribution in [3.8, 4) is 0 Å². The van der Waals surface area contributed by atoms with Crippen molar-refractivity contribution in [1.82, 2.24) is 9.80 Å². The number of hydrogen-bond acceptors (Lipinski definition) is 3. The van der Waals surface area contributed by atoms with Gasteiger partial charge in [0.15, 0.2) is 0 Å². The van der Waals surface area contributed by atoms with Gasteiger partial charge in [-0.15, -0.1) is 0 Å². The Morgan fingerprint density at radius 2 is 2.20 bits per heavy atom. The number of likely N-dealkylation sites (tertiary alicyclic amines) is 1. The molecule has 3 rings (SSSR count). The number of ether oxygens (including phenoxy) is 1. The van der Waals surface area contributed by atoms with E-state index in [1.165, 1.54) is 5.57 Å². The van der Waals surface area contributed by atoms with Crippen LogP contribution in [0.5, 0.6) is 0 Å². The topological polar surface area (TPSA) is 49.9 Å². The van der Waals surface area contributed by atoms with E-state index in [9.17, 15) is 9.59 Å². The zero-order valence-electron chi connectivity index (χ0n) is 14.6. The van der Waals surface area contributed by atoms with Crippen molar-refractivity contribution in [2.45, 2.75) is 18.9 Å². The molecule has 1 fully saturated rings. The van der Waals surface area contributed by atoms with E-state index in [1.54, 1.807) is 25.1 Å². The van der Waals surface area contributed by atoms with Crippen LogP contribution in [0.2, 0.25) is 5.02 Å². The lowest BCUT2D eigenvalue weighted by molar-refractivity contribution is -0.136. The molecule has 2 amide bonds. The van der Waals surface area contributed by atoms with E-state index >= 15 is 0 Å². The van der Waals surface area contributed by atoms with E-state index in [0.29, 0.717) is 24.7 Å². The van der Waals surface area contributed by atoms with Crippen molar-refractivity contribution in [3.05, 3.63) is 46.5 Å². The van der Waals surface area contributed by atoms with Crippen LogP contribution in [0.4, 0.5) is 0 Å². The average Bonchev–Trinajstić information content (AvgIpc) is 2.90. The summed E-state index contributed by atoms with van der Waals surface area (Å²) in [6.07, 6.45) is 3.12. The van der Waals surface area contributed by atoms with Crippen molar-refractivity contribution in [3.63, 3.8) is 0 Å². The number of hydrogen-bond donors (Lipinski definition) is 0. The molecular weight excluding hydrogens is 340 g/mol. The van der Waals surface area contributed by atoms with Gasteiger partial charge in [0.2, 0.25) is 11.8 Å². The number of carbonyl (C=O) groups is 2. The first kappa shape index (κ1) is 18.0. The quantitative estimate of drug-likeness (QED) is 0.774. The van der Waals surface area contributed by atoms with Crippen LogP contribution in [-0.4, -0.2) is 55.5 Å². The Balaban J connectivity index is 1.80. The van der Waals surface area contributed by atoms with E-state index in [1.807, 2.05) is 23.1 Å². The van der Waals surface area contributed by atoms with Crippen molar-refractivity contribution in [2.75, 3.05) is 33.9 Å². The summed E-state index contributed by atoms with van der Waals surface area (Å²) in [7, 11) is 3.43. The molecule has 1 aromatic rings. The molecule has 0 unspecified atom stereocenters. The minimum Gasteiger partial charge on any atom is -0.380 e. The molecule has 2 heterocycles. The second-order valence-electron chi connectivity index (χ2n) is 6.64. The molecule has 25 heavy (non-hydrogen) atoms. The average molecular weight is 363 g/mol. The van der Waals surface area contributed by atoms with Crippen LogP contribution in [-0.2, 0) is 14.3 Å². The van der Waals surface area contributed by atoms with Gasteiger partial charge in [-0.3, -0.25) is 9.59 Å². The lowest BCUT2D eigenvalue weighted by Crippen LogP contribution is -2.41. The summed E-state index contributed by atoms with van der Waals surface area (Å²) in [6, 6.07) is 7.16. The highest BCUT2D eigenvalue weighted by molar-refractivity contribution is 6.30. The van der Waals surface area contributed by atoms with Gasteiger partial charge in [0.25, 0.3) is 0 Å². The Morgan fingerprint density at radius 3 is 2.84 bits per heavy atom. The molecule has 1 aromatic carbocycles. The monoisotopic (exact) mass is 362 g/mol. The highest BCUT2D eigenvalue weighted by Crippen LogP contribution is 2.39. The van der Waals surface area contributed by atoms with Crippen LogP contribution in [0.3, 0.4) is 0 Å². The number of methoxy groups -OCH3 is 1. The molecule has 0 aliphatic carbocycles. The number of benzene rings is 1. The molecule has 0 aromatic heterocycles. The summed E-state index contributed by atoms with van der Waals surface area (Å²) < 4.78 is 5.16. The van der Waals surface area contributed by atoms with Gasteiger partial charge in [-0.05, 0) is 29.7 Å². The smallest absolute Gasteiger partial charge is 0.228 e. The third-order valence-corrected chi connectivity index (χ3v) is 5.27. The molecule has 0 radical (unpaired) electrons. The maximum atomic E-state index is 13.1. The Morgan fingerprint density at radius 1 is 1.40 bits per heavy atom. The second-order valence-corrected chi connectivity index (χ2v) is 7.08. The van der Waals surface area contributed by atoms with E-state index < -0.39 is 0 Å². The largest absolute Gasteiger partial charge is 0.380 e. The maximum absolute atomic E-state index is 13.1. The number of halogens is 1. The molecule has 0 spiro atoms. The second kappa shape index (κ2) is 7.58. The van der Waals surface area contributed by atoms with Gasteiger partial charge in [0.1, 0.15) is 0 Å². The number of nitrogens with zero attached hydrogens (tertiary/aromatic N) is 2. The van der Waals surface area contributed by atoms with Crippen molar-refractivity contribution >= 4 is 23.4 Å². The fraction of sp³-hybridized carbons (Fsp3) is 0.474. The van der Waals surface area contributed by atoms with E-state index in [4.69, 9.17) is 16.3 Å². The Kier molecular flexibility index (Phi) is 5.45. The highest BCUT2D eigenvalue weighted by atomic mass is 35.5. The van der Waals surface area contributed by atoms with E-state index in [0.717, 1.165) is 12.0 Å². The maximum Gasteiger partial charge on any atom is 0.228 e. The zero-order valence-corrected chi connectivity index (χ0v) is 15.3. The third kappa shape index (κ3) is 3.72. The van der Waals surface area contributed by atoms with Gasteiger partial charge in [-0.25, -0.2) is 0 Å². The SMILES string of the molecule is COCC1=CCN(C(=O)[C@@H]2CC(=O)N(C)[C@@H]2c2cccc(Cl)c2)CC1. The minimum absolute atomic E-state index is 0.00375. The normalized spacial score (nSPS) is 23.8. The predicted molar refractivity (Wildman–Crippen MR) is 96.2 cm³/mol. The minimum atomic E-state index is -0.367. The van der Waals surface area contributed by atoms with Gasteiger partial charge in [0, 0.05) is 38.7 Å². The zero-order chi connectivity index (χ0) is 18.0. The number of rotatable bonds is 4. The lowest BCUT2D eigenvalue weighted by Gasteiger charge is -2.32. The fourth-order valence-electron chi connectivity index (χ4n) is 3.70. The molecule has 0 saturated carbocycles. The van der Waals surface area contributed by atoms with Gasteiger partial charge >= 0.3 is 0 Å². The lowest BCUT2D eigenvalue weighted by atomic mass is 9.92. The molecule has 2 aliphatic rings. The fourth-order valence-corrected chi connectivity index (χ4v) is 3.90. The van der Waals surface area contributed by atoms with Gasteiger partial charge in [0.05, 0.1) is 18.6 Å². The summed E-state index contributed by atoms with van der Waals surface area (Å²) in [5, 5.41) is 0.613. The van der Waals surface area contributed by atoms with Crippen LogP contribution in [0.15, 0.2) is 35.9 Å². The van der Waals surface area contributed by atoms with Crippen LogP contribution in [0.25, 0.3) is 0 Å². The number of amides is 2. The molecule has 0 N–H and O–H groups in total. The highest BCUT2D eigenvalue weighted by Gasteiger charge is 2.44. The van der Waals surface area contributed by atoms with E-state index in [-0.39, 0.29) is 30.2 Å². The molecule has 1 saturated heterocycles. The summed E-state index contributed by atoms with van der Waals surface area (Å²) in [6.45, 7) is 1.86. The van der Waals surface area contributed by atoms with Crippen molar-refractivity contribution < 1.29 is 14.3 Å². The Bertz CT molecular complexity index is 704. The molecule has 2 aliphatic heterocycles. The summed E-state index contributed by atoms with van der Waals surface area (Å²) >= 11 is 6.11.